The third kappa shape index (κ3) is 6.25. The molecule has 210 valence electrons. The summed E-state index contributed by atoms with van der Waals surface area (Å²) in [4.78, 5) is 30.4. The number of rotatable bonds is 8. The Morgan fingerprint density at radius 1 is 1.05 bits per heavy atom. The van der Waals surface area contributed by atoms with Gasteiger partial charge in [-0.2, -0.15) is 0 Å². The van der Waals surface area contributed by atoms with E-state index in [1.807, 2.05) is 42.5 Å². The van der Waals surface area contributed by atoms with E-state index in [9.17, 15) is 4.79 Å². The summed E-state index contributed by atoms with van der Waals surface area (Å²) in [6, 6.07) is 14.8. The Labute approximate surface area is 242 Å². The summed E-state index contributed by atoms with van der Waals surface area (Å²) in [5.41, 5.74) is 2.90. The maximum Gasteiger partial charge on any atom is 0.250 e. The lowest BCUT2D eigenvalue weighted by Crippen LogP contribution is -2.38. The molecule has 2 aromatic heterocycles. The number of carbonyl (C=O) groups is 1. The van der Waals surface area contributed by atoms with Crippen molar-refractivity contribution in [1.82, 2.24) is 19.9 Å². The first kappa shape index (κ1) is 26.9. The summed E-state index contributed by atoms with van der Waals surface area (Å²) in [5.74, 6) is 1.56. The number of hydrogen-bond donors (Lipinski definition) is 1. The number of aromatic nitrogens is 3. The summed E-state index contributed by atoms with van der Waals surface area (Å²) in [6.07, 6.45) is 6.76. The third-order valence-electron chi connectivity index (χ3n) is 6.88. The molecule has 0 radical (unpaired) electrons. The Bertz CT molecular complexity index is 1560. The van der Waals surface area contributed by atoms with Crippen molar-refractivity contribution < 1.29 is 19.0 Å². The van der Waals surface area contributed by atoms with Crippen molar-refractivity contribution in [3.05, 3.63) is 83.9 Å². The van der Waals surface area contributed by atoms with Gasteiger partial charge in [0.05, 0.1) is 47.1 Å². The van der Waals surface area contributed by atoms with Gasteiger partial charge in [-0.1, -0.05) is 23.7 Å². The SMILES string of the molecule is O=C(/C=C/CN1CCOCC1)N1CCOc2c1ccc1ncnc(Nc3ccc(OCc4ccccn4)c(Cl)c3)c21. The van der Waals surface area contributed by atoms with Crippen LogP contribution in [0.4, 0.5) is 17.2 Å². The monoisotopic (exact) mass is 572 g/mol. The highest BCUT2D eigenvalue weighted by atomic mass is 35.5. The van der Waals surface area contributed by atoms with Gasteiger partial charge in [-0.15, -0.1) is 0 Å². The van der Waals surface area contributed by atoms with Crippen molar-refractivity contribution in [3.8, 4) is 11.5 Å². The number of pyridine rings is 1. The van der Waals surface area contributed by atoms with E-state index in [2.05, 4.69) is 25.2 Å². The molecule has 4 heterocycles. The van der Waals surface area contributed by atoms with Crippen molar-refractivity contribution in [2.45, 2.75) is 6.61 Å². The van der Waals surface area contributed by atoms with Gasteiger partial charge in [-0.3, -0.25) is 14.7 Å². The minimum Gasteiger partial charge on any atom is -0.489 e. The summed E-state index contributed by atoms with van der Waals surface area (Å²) in [6.45, 7) is 5.01. The first-order valence-electron chi connectivity index (χ1n) is 13.4. The van der Waals surface area contributed by atoms with Gasteiger partial charge in [0, 0.05) is 37.6 Å². The molecule has 1 amide bonds. The van der Waals surface area contributed by atoms with Gasteiger partial charge in [0.15, 0.2) is 5.75 Å². The van der Waals surface area contributed by atoms with E-state index < -0.39 is 0 Å². The van der Waals surface area contributed by atoms with E-state index in [1.54, 1.807) is 29.3 Å². The van der Waals surface area contributed by atoms with Crippen molar-refractivity contribution in [2.75, 3.05) is 56.2 Å². The number of anilines is 3. The Balaban J connectivity index is 1.21. The van der Waals surface area contributed by atoms with Crippen LogP contribution in [0.1, 0.15) is 5.69 Å². The molecule has 0 aliphatic carbocycles. The lowest BCUT2D eigenvalue weighted by molar-refractivity contribution is -0.114. The quantitative estimate of drug-likeness (QED) is 0.303. The number of amides is 1. The first-order valence-corrected chi connectivity index (χ1v) is 13.8. The van der Waals surface area contributed by atoms with Crippen LogP contribution in [0.5, 0.6) is 11.5 Å². The van der Waals surface area contributed by atoms with E-state index in [0.717, 1.165) is 32.0 Å². The molecule has 0 spiro atoms. The second-order valence-corrected chi connectivity index (χ2v) is 9.97. The number of ether oxygens (including phenoxy) is 3. The molecule has 1 saturated heterocycles. The van der Waals surface area contributed by atoms with Gasteiger partial charge >= 0.3 is 0 Å². The van der Waals surface area contributed by atoms with Crippen LogP contribution in [-0.4, -0.2) is 71.8 Å². The second-order valence-electron chi connectivity index (χ2n) is 9.56. The van der Waals surface area contributed by atoms with Gasteiger partial charge in [0.2, 0.25) is 0 Å². The van der Waals surface area contributed by atoms with Crippen LogP contribution in [0.2, 0.25) is 5.02 Å². The number of nitrogens with one attached hydrogen (secondary N) is 1. The van der Waals surface area contributed by atoms with E-state index >= 15 is 0 Å². The fourth-order valence-corrected chi connectivity index (χ4v) is 5.03. The molecule has 2 aliphatic heterocycles. The highest BCUT2D eigenvalue weighted by Gasteiger charge is 2.26. The van der Waals surface area contributed by atoms with E-state index in [1.165, 1.54) is 6.33 Å². The molecule has 0 atom stereocenters. The minimum absolute atomic E-state index is 0.0957. The highest BCUT2D eigenvalue weighted by Crippen LogP contribution is 2.41. The largest absolute Gasteiger partial charge is 0.489 e. The first-order chi connectivity index (χ1) is 20.2. The number of nitrogens with zero attached hydrogens (tertiary/aromatic N) is 5. The zero-order chi connectivity index (χ0) is 28.0. The molecule has 0 saturated carbocycles. The minimum atomic E-state index is -0.0957. The van der Waals surface area contributed by atoms with Gasteiger partial charge in [-0.25, -0.2) is 9.97 Å². The standard InChI is InChI=1S/C30H29ClN6O4/c31-23-18-21(6-9-26(23)41-19-22-4-1-2-10-32-22)35-30-28-24(33-20-34-30)7-8-25-29(28)40-17-14-37(25)27(38)5-3-11-36-12-15-39-16-13-36/h1-10,18,20H,11-17,19H2,(H,33,34,35)/b5-3+. The van der Waals surface area contributed by atoms with Crippen LogP contribution < -0.4 is 19.7 Å². The number of fused-ring (bicyclic) bond motifs is 3. The van der Waals surface area contributed by atoms with Crippen LogP contribution in [0.25, 0.3) is 10.9 Å². The third-order valence-corrected chi connectivity index (χ3v) is 7.17. The number of benzene rings is 2. The zero-order valence-corrected chi connectivity index (χ0v) is 23.1. The molecular formula is C30H29ClN6O4. The molecular weight excluding hydrogens is 544 g/mol. The topological polar surface area (TPSA) is 102 Å². The molecule has 41 heavy (non-hydrogen) atoms. The van der Waals surface area contributed by atoms with Gasteiger partial charge in [-0.05, 0) is 42.5 Å². The van der Waals surface area contributed by atoms with E-state index in [0.29, 0.717) is 70.9 Å². The number of halogens is 1. The average molecular weight is 573 g/mol. The van der Waals surface area contributed by atoms with Crippen LogP contribution >= 0.6 is 11.6 Å². The van der Waals surface area contributed by atoms with Crippen molar-refractivity contribution in [2.24, 2.45) is 0 Å². The Kier molecular flexibility index (Phi) is 8.22. The molecule has 1 N–H and O–H groups in total. The molecule has 10 nitrogen and oxygen atoms in total. The Hall–Kier alpha value is -4.25. The average Bonchev–Trinajstić information content (AvgIpc) is 3.01. The van der Waals surface area contributed by atoms with E-state index in [4.69, 9.17) is 25.8 Å². The molecule has 0 unspecified atom stereocenters. The predicted molar refractivity (Wildman–Crippen MR) is 157 cm³/mol. The second kappa shape index (κ2) is 12.5. The summed E-state index contributed by atoms with van der Waals surface area (Å²) >= 11 is 6.54. The van der Waals surface area contributed by atoms with Crippen LogP contribution in [0.15, 0.2) is 73.2 Å². The molecule has 6 rings (SSSR count). The Morgan fingerprint density at radius 2 is 1.95 bits per heavy atom. The smallest absolute Gasteiger partial charge is 0.250 e. The summed E-state index contributed by atoms with van der Waals surface area (Å²) in [5, 5.41) is 4.47. The normalized spacial score (nSPS) is 15.5. The fourth-order valence-electron chi connectivity index (χ4n) is 4.80. The fraction of sp³-hybridized carbons (Fsp3) is 0.267. The predicted octanol–water partition coefficient (Wildman–Crippen LogP) is 4.61. The van der Waals surface area contributed by atoms with Crippen molar-refractivity contribution in [3.63, 3.8) is 0 Å². The number of morpholine rings is 1. The maximum absolute atomic E-state index is 13.2. The molecule has 4 aromatic rings. The lowest BCUT2D eigenvalue weighted by atomic mass is 10.1. The number of carbonyl (C=O) groups excluding carboxylic acids is 1. The van der Waals surface area contributed by atoms with Gasteiger partial charge < -0.3 is 24.4 Å². The maximum atomic E-state index is 13.2. The summed E-state index contributed by atoms with van der Waals surface area (Å²) < 4.78 is 17.3. The van der Waals surface area contributed by atoms with Crippen molar-refractivity contribution in [1.29, 1.82) is 0 Å². The molecule has 1 fully saturated rings. The molecule has 11 heteroatoms. The Morgan fingerprint density at radius 3 is 2.78 bits per heavy atom. The number of hydrogen-bond acceptors (Lipinski definition) is 9. The van der Waals surface area contributed by atoms with Gasteiger partial charge in [0.1, 0.15) is 31.1 Å². The summed E-state index contributed by atoms with van der Waals surface area (Å²) in [7, 11) is 0. The molecule has 0 bridgehead atoms. The lowest BCUT2D eigenvalue weighted by Gasteiger charge is -2.30. The highest BCUT2D eigenvalue weighted by molar-refractivity contribution is 6.32. The van der Waals surface area contributed by atoms with E-state index in [-0.39, 0.29) is 5.91 Å². The van der Waals surface area contributed by atoms with Crippen molar-refractivity contribution >= 4 is 45.6 Å². The molecule has 2 aromatic carbocycles. The van der Waals surface area contributed by atoms with Crippen LogP contribution in [0, 0.1) is 0 Å². The molecule has 2 aliphatic rings. The zero-order valence-electron chi connectivity index (χ0n) is 22.3. The van der Waals surface area contributed by atoms with Crippen LogP contribution in [-0.2, 0) is 16.1 Å². The van der Waals surface area contributed by atoms with Crippen LogP contribution in [0.3, 0.4) is 0 Å². The van der Waals surface area contributed by atoms with Gasteiger partial charge in [0.25, 0.3) is 5.91 Å².